The van der Waals surface area contributed by atoms with Crippen LogP contribution in [0.25, 0.3) is 16.9 Å². The summed E-state index contributed by atoms with van der Waals surface area (Å²) in [5.74, 6) is -0.121. The average molecular weight is 289 g/mol. The van der Waals surface area contributed by atoms with Gasteiger partial charge in [-0.25, -0.2) is 4.99 Å². The molecule has 0 saturated heterocycles. The first kappa shape index (κ1) is 12.6. The predicted molar refractivity (Wildman–Crippen MR) is 80.5 cm³/mol. The number of hydrogen-bond acceptors (Lipinski definition) is 3. The van der Waals surface area contributed by atoms with E-state index in [-0.39, 0.29) is 11.9 Å². The molecule has 1 aromatic heterocycles. The second-order valence-corrected chi connectivity index (χ2v) is 5.00. The van der Waals surface area contributed by atoms with Gasteiger partial charge >= 0.3 is 0 Å². The number of para-hydroxylation sites is 1. The van der Waals surface area contributed by atoms with Crippen LogP contribution in [0.2, 0.25) is 0 Å². The van der Waals surface area contributed by atoms with Crippen molar-refractivity contribution < 1.29 is 14.3 Å². The lowest BCUT2D eigenvalue weighted by Crippen LogP contribution is -2.22. The Morgan fingerprint density at radius 2 is 1.68 bits per heavy atom. The Morgan fingerprint density at radius 1 is 0.955 bits per heavy atom. The summed E-state index contributed by atoms with van der Waals surface area (Å²) in [6.45, 7) is 0. The van der Waals surface area contributed by atoms with Crippen LogP contribution in [0.3, 0.4) is 0 Å². The molecule has 0 saturated carbocycles. The van der Waals surface area contributed by atoms with Gasteiger partial charge in [0.25, 0.3) is 11.9 Å². The molecule has 0 aliphatic carbocycles. The van der Waals surface area contributed by atoms with Gasteiger partial charge in [0.05, 0.1) is 16.5 Å². The monoisotopic (exact) mass is 289 g/mol. The summed E-state index contributed by atoms with van der Waals surface area (Å²) < 4.78 is 5.42. The van der Waals surface area contributed by atoms with Crippen LogP contribution in [0, 0.1) is 0 Å². The van der Waals surface area contributed by atoms with Crippen LogP contribution in [0.15, 0.2) is 70.1 Å². The van der Waals surface area contributed by atoms with E-state index in [0.717, 1.165) is 5.56 Å². The number of nitrogens with zero attached hydrogens (tertiary/aromatic N) is 1. The van der Waals surface area contributed by atoms with Crippen LogP contribution in [0.4, 0.5) is 0 Å². The lowest BCUT2D eigenvalue weighted by atomic mass is 10.0. The summed E-state index contributed by atoms with van der Waals surface area (Å²) in [5, 5.41) is 11.4. The molecular formula is C18H11NO3. The van der Waals surface area contributed by atoms with Crippen molar-refractivity contribution in [3.63, 3.8) is 0 Å². The zero-order valence-corrected chi connectivity index (χ0v) is 11.5. The Kier molecular flexibility index (Phi) is 2.69. The summed E-state index contributed by atoms with van der Waals surface area (Å²) in [6, 6.07) is 18.3. The minimum Gasteiger partial charge on any atom is -0.480 e. The average Bonchev–Trinajstić information content (AvgIpc) is 3.07. The van der Waals surface area contributed by atoms with Gasteiger partial charge in [0.1, 0.15) is 5.76 Å². The van der Waals surface area contributed by atoms with E-state index < -0.39 is 0 Å². The predicted octanol–water partition coefficient (Wildman–Crippen LogP) is 2.01. The Hall–Kier alpha value is -3.14. The molecule has 0 atom stereocenters. The maximum atomic E-state index is 12.2. The maximum absolute atomic E-state index is 12.2. The fraction of sp³-hybridized carbons (Fsp3) is 0. The third-order valence-corrected chi connectivity index (χ3v) is 3.65. The largest absolute Gasteiger partial charge is 0.480 e. The van der Waals surface area contributed by atoms with E-state index >= 15 is 0 Å². The second kappa shape index (κ2) is 4.70. The number of fused-ring (bicyclic) bond motifs is 1. The number of carbonyl (C=O) groups excluding carboxylic acids is 1. The number of hydrogen-bond donors (Lipinski definition) is 1. The van der Waals surface area contributed by atoms with Gasteiger partial charge in [-0.1, -0.05) is 48.5 Å². The van der Waals surface area contributed by atoms with Crippen molar-refractivity contribution in [2.75, 3.05) is 0 Å². The van der Waals surface area contributed by atoms with Gasteiger partial charge < -0.3 is 9.52 Å². The number of benzene rings is 2. The van der Waals surface area contributed by atoms with E-state index in [1.54, 1.807) is 12.1 Å². The minimum absolute atomic E-state index is 0.269. The Labute approximate surface area is 125 Å². The second-order valence-electron chi connectivity index (χ2n) is 5.00. The first-order chi connectivity index (χ1) is 10.7. The van der Waals surface area contributed by atoms with Gasteiger partial charge in [-0.2, -0.15) is 0 Å². The molecule has 1 amide bonds. The summed E-state index contributed by atoms with van der Waals surface area (Å²) in [6.07, 6.45) is 0. The van der Waals surface area contributed by atoms with Gasteiger partial charge in [-0.15, -0.1) is 0 Å². The standard InChI is InChI=1S/C18H11NO3/c20-17-16(12-8-4-5-9-14(12)19-17)13-10-15(22-18(13)21)11-6-2-1-3-7-11/h1-10,21H. The highest BCUT2D eigenvalue weighted by Gasteiger charge is 2.24. The number of carbonyl (C=O) groups is 1. The van der Waals surface area contributed by atoms with Gasteiger partial charge in [-0.05, 0) is 12.1 Å². The van der Waals surface area contributed by atoms with E-state index in [0.29, 0.717) is 27.5 Å². The third kappa shape index (κ3) is 1.85. The van der Waals surface area contributed by atoms with Crippen molar-refractivity contribution in [3.05, 3.63) is 76.8 Å². The van der Waals surface area contributed by atoms with Crippen molar-refractivity contribution in [3.8, 4) is 17.3 Å². The van der Waals surface area contributed by atoms with E-state index in [4.69, 9.17) is 4.42 Å². The molecule has 106 valence electrons. The summed E-state index contributed by atoms with van der Waals surface area (Å²) >= 11 is 0. The smallest absolute Gasteiger partial charge is 0.290 e. The van der Waals surface area contributed by atoms with Gasteiger partial charge in [0.15, 0.2) is 0 Å². The molecule has 0 fully saturated rings. The zero-order chi connectivity index (χ0) is 15.1. The highest BCUT2D eigenvalue weighted by molar-refractivity contribution is 6.21. The normalized spacial score (nSPS) is 13.1. The van der Waals surface area contributed by atoms with E-state index in [9.17, 15) is 9.90 Å². The van der Waals surface area contributed by atoms with Crippen molar-refractivity contribution >= 4 is 11.5 Å². The summed E-state index contributed by atoms with van der Waals surface area (Å²) in [4.78, 5) is 16.2. The zero-order valence-electron chi connectivity index (χ0n) is 11.5. The first-order valence-electron chi connectivity index (χ1n) is 6.85. The number of furan rings is 1. The summed E-state index contributed by atoms with van der Waals surface area (Å²) in [7, 11) is 0. The molecule has 2 heterocycles. The fourth-order valence-corrected chi connectivity index (χ4v) is 2.63. The molecule has 4 nitrogen and oxygen atoms in total. The molecule has 2 aromatic carbocycles. The van der Waals surface area contributed by atoms with Crippen LogP contribution >= 0.6 is 0 Å². The molecule has 4 heteroatoms. The number of aromatic hydroxyl groups is 1. The van der Waals surface area contributed by atoms with Crippen LogP contribution < -0.4 is 10.6 Å². The molecule has 1 aliphatic rings. The van der Waals surface area contributed by atoms with Gasteiger partial charge in [0, 0.05) is 10.8 Å². The molecule has 1 aliphatic heterocycles. The molecule has 3 aromatic rings. The van der Waals surface area contributed by atoms with Crippen molar-refractivity contribution in [2.24, 2.45) is 4.99 Å². The molecule has 4 rings (SSSR count). The highest BCUT2D eigenvalue weighted by atomic mass is 16.5. The molecule has 0 radical (unpaired) electrons. The first-order valence-corrected chi connectivity index (χ1v) is 6.85. The number of rotatable bonds is 2. The lowest BCUT2D eigenvalue weighted by Gasteiger charge is -1.95. The summed E-state index contributed by atoms with van der Waals surface area (Å²) in [5.41, 5.74) is 1.58. The third-order valence-electron chi connectivity index (χ3n) is 3.65. The Bertz CT molecular complexity index is 1000. The Balaban J connectivity index is 1.95. The fourth-order valence-electron chi connectivity index (χ4n) is 2.63. The molecule has 22 heavy (non-hydrogen) atoms. The van der Waals surface area contributed by atoms with Crippen molar-refractivity contribution in [2.45, 2.75) is 0 Å². The van der Waals surface area contributed by atoms with Crippen LogP contribution in [0.1, 0.15) is 5.56 Å². The maximum Gasteiger partial charge on any atom is 0.290 e. The number of amides is 1. The molecule has 0 bridgehead atoms. The molecule has 1 N–H and O–H groups in total. The quantitative estimate of drug-likeness (QED) is 0.785. The van der Waals surface area contributed by atoms with Crippen molar-refractivity contribution in [1.29, 1.82) is 0 Å². The van der Waals surface area contributed by atoms with Gasteiger partial charge in [0.2, 0.25) is 0 Å². The van der Waals surface area contributed by atoms with Gasteiger partial charge in [-0.3, -0.25) is 4.79 Å². The van der Waals surface area contributed by atoms with E-state index in [1.165, 1.54) is 0 Å². The van der Waals surface area contributed by atoms with E-state index in [2.05, 4.69) is 4.99 Å². The lowest BCUT2D eigenvalue weighted by molar-refractivity contribution is -0.112. The molecule has 0 spiro atoms. The van der Waals surface area contributed by atoms with Crippen molar-refractivity contribution in [1.82, 2.24) is 0 Å². The topological polar surface area (TPSA) is 62.8 Å². The molecule has 0 unspecified atom stereocenters. The van der Waals surface area contributed by atoms with Crippen LogP contribution in [0.5, 0.6) is 5.95 Å². The molecular weight excluding hydrogens is 278 g/mol. The minimum atomic E-state index is -0.364. The van der Waals surface area contributed by atoms with Crippen LogP contribution in [-0.4, -0.2) is 11.0 Å². The SMILES string of the molecule is O=C1N=c2ccccc2=C1c1cc(-c2ccccc2)oc1O. The van der Waals surface area contributed by atoms with Crippen LogP contribution in [-0.2, 0) is 4.79 Å². The Morgan fingerprint density at radius 3 is 2.50 bits per heavy atom. The van der Waals surface area contributed by atoms with E-state index in [1.807, 2.05) is 48.5 Å². The highest BCUT2D eigenvalue weighted by Crippen LogP contribution is 2.34.